The van der Waals surface area contributed by atoms with Crippen molar-refractivity contribution < 1.29 is 18.0 Å². The van der Waals surface area contributed by atoms with E-state index in [-0.39, 0.29) is 24.2 Å². The Bertz CT molecular complexity index is 586. The number of alkyl halides is 3. The van der Waals surface area contributed by atoms with E-state index in [0.717, 1.165) is 30.7 Å². The van der Waals surface area contributed by atoms with Crippen LogP contribution in [-0.4, -0.2) is 42.1 Å². The van der Waals surface area contributed by atoms with Gasteiger partial charge in [0.2, 0.25) is 0 Å². The van der Waals surface area contributed by atoms with Gasteiger partial charge in [-0.2, -0.15) is 13.2 Å². The molecule has 2 saturated heterocycles. The van der Waals surface area contributed by atoms with Crippen molar-refractivity contribution in [1.82, 2.24) is 10.2 Å². The van der Waals surface area contributed by atoms with E-state index in [0.29, 0.717) is 13.1 Å². The molecule has 2 aliphatic heterocycles. The molecule has 2 bridgehead atoms. The Hall–Kier alpha value is -1.92. The molecule has 24 heavy (non-hydrogen) atoms. The quantitative estimate of drug-likeness (QED) is 0.894. The van der Waals surface area contributed by atoms with Gasteiger partial charge >= 0.3 is 12.2 Å². The highest BCUT2D eigenvalue weighted by Gasteiger charge is 2.42. The summed E-state index contributed by atoms with van der Waals surface area (Å²) in [5.74, 6) is 0. The lowest BCUT2D eigenvalue weighted by molar-refractivity contribution is -0.137. The molecule has 7 heteroatoms. The number of urea groups is 1. The number of nitrogens with one attached hydrogen (secondary N) is 1. The van der Waals surface area contributed by atoms with Gasteiger partial charge in [-0.15, -0.1) is 0 Å². The smallest absolute Gasteiger partial charge is 0.367 e. The number of amides is 2. The van der Waals surface area contributed by atoms with E-state index in [9.17, 15) is 18.0 Å². The van der Waals surface area contributed by atoms with E-state index in [1.807, 2.05) is 18.7 Å². The van der Waals surface area contributed by atoms with E-state index < -0.39 is 11.7 Å². The number of carbonyl (C=O) groups excluding carboxylic acids is 1. The molecule has 2 aliphatic rings. The standard InChI is InChI=1S/C17H22F3N3O/c1-11(2)21-16(24)23-14-7-8-15(23)10-22(9-14)13-5-3-12(4-6-13)17(18,19)20/h3-6,11,14-15H,7-10H2,1-2H3,(H,21,24). The highest BCUT2D eigenvalue weighted by atomic mass is 19.4. The average Bonchev–Trinajstić information content (AvgIpc) is 2.76. The number of hydrogen-bond donors (Lipinski definition) is 1. The van der Waals surface area contributed by atoms with E-state index >= 15 is 0 Å². The highest BCUT2D eigenvalue weighted by Crippen LogP contribution is 2.34. The van der Waals surface area contributed by atoms with Crippen LogP contribution >= 0.6 is 0 Å². The summed E-state index contributed by atoms with van der Waals surface area (Å²) in [7, 11) is 0. The Kier molecular flexibility index (Phi) is 4.36. The zero-order valence-electron chi connectivity index (χ0n) is 13.8. The van der Waals surface area contributed by atoms with Crippen LogP contribution in [0.1, 0.15) is 32.3 Å². The van der Waals surface area contributed by atoms with E-state index in [1.165, 1.54) is 12.1 Å². The fourth-order valence-corrected chi connectivity index (χ4v) is 3.63. The third kappa shape index (κ3) is 3.30. The Balaban J connectivity index is 1.70. The van der Waals surface area contributed by atoms with Gasteiger partial charge in [0.15, 0.2) is 0 Å². The minimum Gasteiger partial charge on any atom is -0.367 e. The summed E-state index contributed by atoms with van der Waals surface area (Å²) in [6.45, 7) is 5.18. The van der Waals surface area contributed by atoms with E-state index in [4.69, 9.17) is 0 Å². The summed E-state index contributed by atoms with van der Waals surface area (Å²) in [6, 6.07) is 5.56. The molecule has 0 aromatic heterocycles. The highest BCUT2D eigenvalue weighted by molar-refractivity contribution is 5.76. The van der Waals surface area contributed by atoms with Crippen molar-refractivity contribution in [2.45, 2.75) is 51.0 Å². The summed E-state index contributed by atoms with van der Waals surface area (Å²) in [5, 5.41) is 2.94. The maximum atomic E-state index is 12.7. The van der Waals surface area contributed by atoms with Crippen molar-refractivity contribution in [2.24, 2.45) is 0 Å². The molecule has 0 radical (unpaired) electrons. The van der Waals surface area contributed by atoms with Crippen LogP contribution in [-0.2, 0) is 6.18 Å². The summed E-state index contributed by atoms with van der Waals surface area (Å²) in [4.78, 5) is 16.3. The van der Waals surface area contributed by atoms with Gasteiger partial charge in [0.25, 0.3) is 0 Å². The van der Waals surface area contributed by atoms with Crippen LogP contribution in [0, 0.1) is 0 Å². The first-order valence-electron chi connectivity index (χ1n) is 8.26. The second-order valence-electron chi connectivity index (χ2n) is 6.85. The van der Waals surface area contributed by atoms with Crippen LogP contribution in [0.15, 0.2) is 24.3 Å². The van der Waals surface area contributed by atoms with Crippen LogP contribution in [0.3, 0.4) is 0 Å². The monoisotopic (exact) mass is 341 g/mol. The van der Waals surface area contributed by atoms with Gasteiger partial charge < -0.3 is 15.1 Å². The maximum Gasteiger partial charge on any atom is 0.416 e. The third-order valence-corrected chi connectivity index (χ3v) is 4.69. The normalized spacial score (nSPS) is 23.8. The van der Waals surface area contributed by atoms with Crippen molar-refractivity contribution in [2.75, 3.05) is 18.0 Å². The predicted molar refractivity (Wildman–Crippen MR) is 86.0 cm³/mol. The van der Waals surface area contributed by atoms with E-state index in [2.05, 4.69) is 10.2 Å². The maximum absolute atomic E-state index is 12.7. The van der Waals surface area contributed by atoms with E-state index in [1.54, 1.807) is 0 Å². The molecule has 4 nitrogen and oxygen atoms in total. The van der Waals surface area contributed by atoms with Crippen LogP contribution in [0.25, 0.3) is 0 Å². The lowest BCUT2D eigenvalue weighted by Crippen LogP contribution is -2.59. The largest absolute Gasteiger partial charge is 0.416 e. The fourth-order valence-electron chi connectivity index (χ4n) is 3.63. The zero-order chi connectivity index (χ0) is 17.5. The van der Waals surface area contributed by atoms with Gasteiger partial charge in [-0.3, -0.25) is 0 Å². The molecule has 0 spiro atoms. The third-order valence-electron chi connectivity index (χ3n) is 4.69. The number of piperazine rings is 1. The van der Waals surface area contributed by atoms with Gasteiger partial charge in [-0.1, -0.05) is 0 Å². The lowest BCUT2D eigenvalue weighted by atomic mass is 10.1. The van der Waals surface area contributed by atoms with Crippen molar-refractivity contribution in [3.63, 3.8) is 0 Å². The SMILES string of the molecule is CC(C)NC(=O)N1C2CCC1CN(c1ccc(C(F)(F)F)cc1)C2. The molecule has 0 aliphatic carbocycles. The molecule has 2 fully saturated rings. The van der Waals surface area contributed by atoms with Crippen molar-refractivity contribution in [1.29, 1.82) is 0 Å². The Morgan fingerprint density at radius 1 is 1.12 bits per heavy atom. The van der Waals surface area contributed by atoms with Gasteiger partial charge in [-0.25, -0.2) is 4.79 Å². The number of benzene rings is 1. The summed E-state index contributed by atoms with van der Waals surface area (Å²) >= 11 is 0. The van der Waals surface area contributed by atoms with Crippen LogP contribution in [0.4, 0.5) is 23.7 Å². The zero-order valence-corrected chi connectivity index (χ0v) is 13.8. The second kappa shape index (κ2) is 6.18. The molecule has 2 heterocycles. The molecule has 2 amide bonds. The second-order valence-corrected chi connectivity index (χ2v) is 6.85. The van der Waals surface area contributed by atoms with Gasteiger partial charge in [0, 0.05) is 24.8 Å². The number of hydrogen-bond acceptors (Lipinski definition) is 2. The Labute approximate surface area is 139 Å². The molecule has 1 aromatic rings. The van der Waals surface area contributed by atoms with Crippen molar-refractivity contribution >= 4 is 11.7 Å². The van der Waals surface area contributed by atoms with Crippen LogP contribution in [0.2, 0.25) is 0 Å². The molecule has 1 N–H and O–H groups in total. The number of nitrogens with zero attached hydrogens (tertiary/aromatic N) is 2. The minimum absolute atomic E-state index is 0.0374. The number of carbonyl (C=O) groups is 1. The lowest BCUT2D eigenvalue weighted by Gasteiger charge is -2.42. The molecule has 132 valence electrons. The van der Waals surface area contributed by atoms with Gasteiger partial charge in [0.1, 0.15) is 0 Å². The molecule has 1 aromatic carbocycles. The number of anilines is 1. The Morgan fingerprint density at radius 3 is 2.12 bits per heavy atom. The molecule has 2 unspecified atom stereocenters. The van der Waals surface area contributed by atoms with Crippen LogP contribution < -0.4 is 10.2 Å². The number of halogens is 3. The summed E-state index contributed by atoms with van der Waals surface area (Å²) < 4.78 is 38.0. The number of fused-ring (bicyclic) bond motifs is 2. The fraction of sp³-hybridized carbons (Fsp3) is 0.588. The van der Waals surface area contributed by atoms with Crippen molar-refractivity contribution in [3.05, 3.63) is 29.8 Å². The molecule has 2 atom stereocenters. The molecule has 3 rings (SSSR count). The van der Waals surface area contributed by atoms with Gasteiger partial charge in [-0.05, 0) is 51.0 Å². The summed E-state index contributed by atoms with van der Waals surface area (Å²) in [5.41, 5.74) is 0.146. The average molecular weight is 341 g/mol. The molecular weight excluding hydrogens is 319 g/mol. The first kappa shape index (κ1) is 16.9. The van der Waals surface area contributed by atoms with Crippen molar-refractivity contribution in [3.8, 4) is 0 Å². The topological polar surface area (TPSA) is 35.6 Å². The Morgan fingerprint density at radius 2 is 1.67 bits per heavy atom. The first-order chi connectivity index (χ1) is 11.3. The van der Waals surface area contributed by atoms with Crippen LogP contribution in [0.5, 0.6) is 0 Å². The predicted octanol–water partition coefficient (Wildman–Crippen LogP) is 3.48. The van der Waals surface area contributed by atoms with Gasteiger partial charge in [0.05, 0.1) is 17.6 Å². The minimum atomic E-state index is -4.31. The molecule has 0 saturated carbocycles. The first-order valence-corrected chi connectivity index (χ1v) is 8.26. The molecular formula is C17H22F3N3O. The number of rotatable bonds is 2. The summed E-state index contributed by atoms with van der Waals surface area (Å²) in [6.07, 6.45) is -2.44.